The van der Waals surface area contributed by atoms with E-state index < -0.39 is 21.5 Å². The molecule has 1 aliphatic heterocycles. The molecule has 2 amide bonds. The minimum Gasteiger partial charge on any atom is -0.354 e. The van der Waals surface area contributed by atoms with Gasteiger partial charge < -0.3 is 5.32 Å². The number of nitrogens with one attached hydrogen (secondary N) is 1. The van der Waals surface area contributed by atoms with Gasteiger partial charge in [0.2, 0.25) is 21.8 Å². The van der Waals surface area contributed by atoms with Gasteiger partial charge in [-0.3, -0.25) is 14.5 Å². The first-order valence-electron chi connectivity index (χ1n) is 11.6. The van der Waals surface area contributed by atoms with Gasteiger partial charge in [-0.2, -0.15) is 4.31 Å². The van der Waals surface area contributed by atoms with Crippen molar-refractivity contribution in [2.24, 2.45) is 5.92 Å². The molecule has 1 atom stereocenters. The molecule has 184 valence electrons. The fourth-order valence-electron chi connectivity index (χ4n) is 4.19. The third-order valence-electron chi connectivity index (χ3n) is 6.30. The molecule has 0 saturated carbocycles. The number of piperazine rings is 1. The van der Waals surface area contributed by atoms with Gasteiger partial charge in [0.05, 0.1) is 11.4 Å². The van der Waals surface area contributed by atoms with E-state index in [2.05, 4.69) is 19.2 Å². The topological polar surface area (TPSA) is 86.8 Å². The smallest absolute Gasteiger partial charge is 0.247 e. The summed E-state index contributed by atoms with van der Waals surface area (Å²) in [7, 11) is -3.97. The first-order valence-corrected chi connectivity index (χ1v) is 13.1. The molecule has 1 N–H and O–H groups in total. The number of amides is 2. The normalized spacial score (nSPS) is 19.5. The monoisotopic (exact) mass is 485 g/mol. The van der Waals surface area contributed by atoms with Crippen molar-refractivity contribution in [1.29, 1.82) is 0 Å². The molecule has 1 aliphatic rings. The van der Waals surface area contributed by atoms with Gasteiger partial charge in [-0.15, -0.1) is 0 Å². The highest BCUT2D eigenvalue weighted by atomic mass is 32.2. The molecule has 34 heavy (non-hydrogen) atoms. The summed E-state index contributed by atoms with van der Waals surface area (Å²) in [6.07, 6.45) is 0.782. The zero-order valence-corrected chi connectivity index (χ0v) is 21.7. The highest BCUT2D eigenvalue weighted by Gasteiger charge is 2.51. The van der Waals surface area contributed by atoms with Crippen LogP contribution in [0.5, 0.6) is 0 Å². The predicted molar refractivity (Wildman–Crippen MR) is 134 cm³/mol. The molecule has 0 aromatic heterocycles. The van der Waals surface area contributed by atoms with Crippen LogP contribution in [-0.4, -0.2) is 49.7 Å². The Labute approximate surface area is 203 Å². The number of benzene rings is 2. The number of nitrogens with zero attached hydrogens (tertiary/aromatic N) is 2. The number of anilines is 1. The van der Waals surface area contributed by atoms with Crippen molar-refractivity contribution >= 4 is 27.5 Å². The molecule has 1 heterocycles. The summed E-state index contributed by atoms with van der Waals surface area (Å²) in [6.45, 7) is 11.4. The molecule has 0 radical (unpaired) electrons. The SMILES string of the molecule is Cc1ccc(S(=O)(=O)N2CC(=O)N(c3cc(C)ccc3C)C(C)(C(=O)NCCC(C)C)C2)cc1. The third-order valence-corrected chi connectivity index (χ3v) is 8.11. The van der Waals surface area contributed by atoms with E-state index >= 15 is 0 Å². The Morgan fingerprint density at radius 2 is 1.68 bits per heavy atom. The maximum atomic E-state index is 13.6. The Bertz CT molecular complexity index is 1180. The predicted octanol–water partition coefficient (Wildman–Crippen LogP) is 3.57. The Kier molecular flexibility index (Phi) is 7.53. The largest absolute Gasteiger partial charge is 0.354 e. The average Bonchev–Trinajstić information content (AvgIpc) is 2.75. The second-order valence-electron chi connectivity index (χ2n) is 9.82. The number of sulfonamides is 1. The lowest BCUT2D eigenvalue weighted by Gasteiger charge is -2.47. The van der Waals surface area contributed by atoms with E-state index in [4.69, 9.17) is 0 Å². The highest BCUT2D eigenvalue weighted by Crippen LogP contribution is 2.34. The van der Waals surface area contributed by atoms with Crippen molar-refractivity contribution < 1.29 is 18.0 Å². The lowest BCUT2D eigenvalue weighted by molar-refractivity contribution is -0.132. The van der Waals surface area contributed by atoms with E-state index in [1.807, 2.05) is 39.0 Å². The van der Waals surface area contributed by atoms with Gasteiger partial charge >= 0.3 is 0 Å². The van der Waals surface area contributed by atoms with E-state index in [1.54, 1.807) is 19.1 Å². The minimum atomic E-state index is -3.97. The second-order valence-corrected chi connectivity index (χ2v) is 11.8. The Morgan fingerprint density at radius 1 is 1.06 bits per heavy atom. The summed E-state index contributed by atoms with van der Waals surface area (Å²) in [5, 5.41) is 2.94. The van der Waals surface area contributed by atoms with Gasteiger partial charge in [0.15, 0.2) is 0 Å². The molecular formula is C26H35N3O4S. The molecule has 1 fully saturated rings. The molecule has 8 heteroatoms. The first kappa shape index (κ1) is 25.9. The summed E-state index contributed by atoms with van der Waals surface area (Å²) in [6, 6.07) is 12.2. The Hall–Kier alpha value is -2.71. The molecule has 7 nitrogen and oxygen atoms in total. The average molecular weight is 486 g/mol. The van der Waals surface area contributed by atoms with E-state index in [0.717, 1.165) is 27.4 Å². The van der Waals surface area contributed by atoms with E-state index in [9.17, 15) is 18.0 Å². The van der Waals surface area contributed by atoms with Gasteiger partial charge in [-0.05, 0) is 69.4 Å². The summed E-state index contributed by atoms with van der Waals surface area (Å²) < 4.78 is 28.0. The summed E-state index contributed by atoms with van der Waals surface area (Å²) in [5.41, 5.74) is 1.94. The van der Waals surface area contributed by atoms with Crippen LogP contribution >= 0.6 is 0 Å². The molecular weight excluding hydrogens is 450 g/mol. The highest BCUT2D eigenvalue weighted by molar-refractivity contribution is 7.89. The van der Waals surface area contributed by atoms with Crippen molar-refractivity contribution in [2.75, 3.05) is 24.5 Å². The maximum Gasteiger partial charge on any atom is 0.247 e. The molecule has 0 spiro atoms. The molecule has 2 aromatic rings. The number of carbonyl (C=O) groups is 2. The van der Waals surface area contributed by atoms with Crippen LogP contribution in [0.1, 0.15) is 43.9 Å². The van der Waals surface area contributed by atoms with Crippen LogP contribution in [0.3, 0.4) is 0 Å². The van der Waals surface area contributed by atoms with Crippen LogP contribution in [0.4, 0.5) is 5.69 Å². The van der Waals surface area contributed by atoms with Crippen LogP contribution < -0.4 is 10.2 Å². The quantitative estimate of drug-likeness (QED) is 0.650. The van der Waals surface area contributed by atoms with Gasteiger partial charge in [0.25, 0.3) is 0 Å². The first-order chi connectivity index (χ1) is 15.9. The number of hydrogen-bond donors (Lipinski definition) is 1. The van der Waals surface area contributed by atoms with E-state index in [-0.39, 0.29) is 23.9 Å². The molecule has 0 bridgehead atoms. The molecule has 2 aromatic carbocycles. The van der Waals surface area contributed by atoms with Crippen LogP contribution in [-0.2, 0) is 19.6 Å². The van der Waals surface area contributed by atoms with Crippen molar-refractivity contribution in [3.63, 3.8) is 0 Å². The van der Waals surface area contributed by atoms with Crippen molar-refractivity contribution in [3.05, 3.63) is 59.2 Å². The Balaban J connectivity index is 2.05. The van der Waals surface area contributed by atoms with E-state index in [0.29, 0.717) is 18.2 Å². The van der Waals surface area contributed by atoms with Crippen molar-refractivity contribution in [1.82, 2.24) is 9.62 Å². The molecule has 0 aliphatic carbocycles. The fraction of sp³-hybridized carbons (Fsp3) is 0.462. The van der Waals surface area contributed by atoms with Crippen molar-refractivity contribution in [3.8, 4) is 0 Å². The van der Waals surface area contributed by atoms with Crippen LogP contribution in [0, 0.1) is 26.7 Å². The second kappa shape index (κ2) is 9.88. The lowest BCUT2D eigenvalue weighted by Crippen LogP contribution is -2.70. The van der Waals surface area contributed by atoms with Crippen LogP contribution in [0.15, 0.2) is 47.4 Å². The summed E-state index contributed by atoms with van der Waals surface area (Å²) in [5.74, 6) is -0.405. The number of carbonyl (C=O) groups excluding carboxylic acids is 2. The van der Waals surface area contributed by atoms with Gasteiger partial charge in [0.1, 0.15) is 5.54 Å². The van der Waals surface area contributed by atoms with Crippen LogP contribution in [0.25, 0.3) is 0 Å². The number of rotatable bonds is 7. The Morgan fingerprint density at radius 3 is 2.29 bits per heavy atom. The molecule has 3 rings (SSSR count). The zero-order valence-electron chi connectivity index (χ0n) is 20.9. The molecule has 1 saturated heterocycles. The van der Waals surface area contributed by atoms with E-state index in [1.165, 1.54) is 17.0 Å². The van der Waals surface area contributed by atoms with Gasteiger partial charge in [-0.25, -0.2) is 8.42 Å². The van der Waals surface area contributed by atoms with Crippen molar-refractivity contribution in [2.45, 2.75) is 58.4 Å². The summed E-state index contributed by atoms with van der Waals surface area (Å²) >= 11 is 0. The number of hydrogen-bond acceptors (Lipinski definition) is 4. The fourth-order valence-corrected chi connectivity index (χ4v) is 5.67. The maximum absolute atomic E-state index is 13.6. The number of aryl methyl sites for hydroxylation is 3. The minimum absolute atomic E-state index is 0.105. The summed E-state index contributed by atoms with van der Waals surface area (Å²) in [4.78, 5) is 28.7. The third kappa shape index (κ3) is 5.18. The van der Waals surface area contributed by atoms with Gasteiger partial charge in [-0.1, -0.05) is 43.7 Å². The standard InChI is InChI=1S/C26H35N3O4S/c1-18(2)13-14-27-25(31)26(6)17-28(34(32,33)22-11-8-19(3)9-12-22)16-24(30)29(26)23-15-20(4)7-10-21(23)5/h7-12,15,18H,13-14,16-17H2,1-6H3,(H,27,31). The van der Waals surface area contributed by atoms with Crippen LogP contribution in [0.2, 0.25) is 0 Å². The lowest BCUT2D eigenvalue weighted by atomic mass is 9.93. The zero-order chi connectivity index (χ0) is 25.3. The van der Waals surface area contributed by atoms with Gasteiger partial charge in [0, 0.05) is 18.8 Å². The molecule has 1 unspecified atom stereocenters.